The van der Waals surface area contributed by atoms with E-state index in [0.717, 1.165) is 12.8 Å². The molecule has 0 amide bonds. The Balaban J connectivity index is 0.000000312. The second kappa shape index (κ2) is 26.5. The van der Waals surface area contributed by atoms with E-state index in [-0.39, 0.29) is 6.10 Å². The van der Waals surface area contributed by atoms with Crippen molar-refractivity contribution in [2.45, 2.75) is 6.92 Å². The second-order valence-electron chi connectivity index (χ2n) is 14.4. The molecule has 65 heavy (non-hydrogen) atoms. The third-order valence-electron chi connectivity index (χ3n) is 10.3. The molecule has 0 aliphatic heterocycles. The van der Waals surface area contributed by atoms with Gasteiger partial charge in [0, 0.05) is 12.8 Å². The summed E-state index contributed by atoms with van der Waals surface area (Å²) >= 11 is 4.44. The minimum Gasteiger partial charge on any atom is -0.0622 e. The van der Waals surface area contributed by atoms with Crippen molar-refractivity contribution in [3.8, 4) is 11.1 Å². The normalized spacial score (nSPS) is 11.0. The smallest absolute Gasteiger partial charge is 0.000884 e. The van der Waals surface area contributed by atoms with Crippen LogP contribution >= 0.6 is 34.9 Å². The molecule has 0 fully saturated rings. The van der Waals surface area contributed by atoms with Gasteiger partial charge in [0.05, 0.1) is 0 Å². The van der Waals surface area contributed by atoms with Crippen LogP contribution in [0.15, 0.2) is 224 Å². The van der Waals surface area contributed by atoms with Gasteiger partial charge in [-0.15, -0.1) is 0 Å². The van der Waals surface area contributed by atoms with E-state index in [4.69, 9.17) is 0 Å². The maximum absolute atomic E-state index is 11.4. The van der Waals surface area contributed by atoms with Crippen molar-refractivity contribution in [1.29, 1.82) is 0 Å². The quantitative estimate of drug-likeness (QED) is 0.0865. The van der Waals surface area contributed by atoms with Gasteiger partial charge in [-0.1, -0.05) is 224 Å². The first-order chi connectivity index (χ1) is 32.0. The molecule has 0 N–H and O–H groups in total. The Bertz CT molecular complexity index is 2550. The van der Waals surface area contributed by atoms with Crippen molar-refractivity contribution in [2.75, 3.05) is 0 Å². The van der Waals surface area contributed by atoms with Crippen LogP contribution in [0, 0.1) is 31.2 Å². The molecule has 0 aliphatic rings. The van der Waals surface area contributed by atoms with Crippen LogP contribution < -0.4 is 31.8 Å². The van der Waals surface area contributed by atoms with E-state index in [1.54, 1.807) is 30.3 Å². The van der Waals surface area contributed by atoms with Crippen LogP contribution in [-0.2, 0) is 51.7 Å². The van der Waals surface area contributed by atoms with Crippen molar-refractivity contribution in [3.05, 3.63) is 261 Å². The first kappa shape index (κ1) is 50.6. The van der Waals surface area contributed by atoms with Crippen molar-refractivity contribution in [3.63, 3.8) is 0 Å². The Morgan fingerprint density at radius 3 is 1.03 bits per heavy atom. The van der Waals surface area contributed by atoms with E-state index in [1.807, 2.05) is 0 Å². The Kier molecular flexibility index (Phi) is 20.6. The van der Waals surface area contributed by atoms with Gasteiger partial charge in [0.2, 0.25) is 0 Å². The van der Waals surface area contributed by atoms with Gasteiger partial charge in [-0.05, 0) is 92.8 Å². The fourth-order valence-corrected chi connectivity index (χ4v) is 12.6. The third-order valence-corrected chi connectivity index (χ3v) is 15.2. The number of halogens is 2. The van der Waals surface area contributed by atoms with E-state index in [2.05, 4.69) is 250 Å². The van der Waals surface area contributed by atoms with Gasteiger partial charge in [0.25, 0.3) is 0 Å². The van der Waals surface area contributed by atoms with Crippen LogP contribution in [0.5, 0.6) is 0 Å². The fourth-order valence-electron chi connectivity index (χ4n) is 7.64. The molecule has 8 radical (unpaired) electrons. The van der Waals surface area contributed by atoms with Crippen molar-refractivity contribution in [2.24, 2.45) is 0 Å². The summed E-state index contributed by atoms with van der Waals surface area (Å²) in [6, 6.07) is 80.2. The van der Waals surface area contributed by atoms with Crippen LogP contribution in [-0.4, -0.2) is 0 Å². The molecule has 0 saturated carbocycles. The molecule has 0 spiro atoms. The molecule has 0 aliphatic carbocycles. The van der Waals surface area contributed by atoms with Crippen LogP contribution in [0.4, 0.5) is 0 Å². The minimum absolute atomic E-state index is 0.364. The van der Waals surface area contributed by atoms with Crippen LogP contribution in [0.3, 0.4) is 0 Å². The van der Waals surface area contributed by atoms with Gasteiger partial charge in [0.15, 0.2) is 6.10 Å². The van der Waals surface area contributed by atoms with Crippen molar-refractivity contribution < 1.29 is 51.7 Å². The zero-order valence-electron chi connectivity index (χ0n) is 35.0. The maximum atomic E-state index is 11.4. The van der Waals surface area contributed by atoms with Gasteiger partial charge in [-0.2, -0.15) is 0 Å². The Morgan fingerprint density at radius 1 is 0.385 bits per heavy atom. The molecule has 0 atom stereocenters. The zero-order chi connectivity index (χ0) is 46.0. The Labute approximate surface area is 415 Å². The molecule has 9 rings (SSSR count). The molecule has 9 aromatic rings. The minimum atomic E-state index is -0.852. The fraction of sp³-hybridized carbons (Fsp3) is 0.0179. The van der Waals surface area contributed by atoms with Gasteiger partial charge in [0.1, 0.15) is 12.2 Å². The Hall–Kier alpha value is -3.86. The second-order valence-corrected chi connectivity index (χ2v) is 18.8. The average Bonchev–Trinajstić information content (AvgIpc) is 3.37. The van der Waals surface area contributed by atoms with Gasteiger partial charge >= 0.3 is 55.4 Å². The predicted molar refractivity (Wildman–Crippen MR) is 268 cm³/mol. The summed E-state index contributed by atoms with van der Waals surface area (Å²) in [6.45, 7) is 1.26. The van der Waals surface area contributed by atoms with Crippen LogP contribution in [0.1, 0.15) is 12.5 Å². The molecule has 0 unspecified atom stereocenters. The molecule has 0 heterocycles. The summed E-state index contributed by atoms with van der Waals surface area (Å²) in [6.07, 6.45) is 0.476. The molecular formula is C56H42Cl2O3P2Pd2+2. The van der Waals surface area contributed by atoms with E-state index < -0.39 is 28.1 Å². The van der Waals surface area contributed by atoms with Gasteiger partial charge in [-0.25, -0.2) is 15.3 Å². The van der Waals surface area contributed by atoms with Gasteiger partial charge < -0.3 is 0 Å². The number of hydrogen-bond acceptors (Lipinski definition) is 0. The molecule has 0 saturated heterocycles. The van der Waals surface area contributed by atoms with Gasteiger partial charge in [-0.3, -0.25) is 0 Å². The summed E-state index contributed by atoms with van der Waals surface area (Å²) in [7, 11) is 7.27. The molecular weight excluding hydrogens is 1070 g/mol. The summed E-state index contributed by atoms with van der Waals surface area (Å²) < 4.78 is 0. The molecule has 0 bridgehead atoms. The molecule has 326 valence electrons. The summed E-state index contributed by atoms with van der Waals surface area (Å²) in [5.74, 6) is 0. The van der Waals surface area contributed by atoms with Crippen molar-refractivity contribution >= 4 is 88.3 Å². The number of fused-ring (bicyclic) bond motifs is 2. The Morgan fingerprint density at radius 2 is 0.692 bits per heavy atom. The summed E-state index contributed by atoms with van der Waals surface area (Å²) in [5.41, 5.74) is 3.13. The van der Waals surface area contributed by atoms with E-state index in [1.165, 1.54) is 71.4 Å². The standard InChI is InChI=1S/C44H32P2.C12H10O3.2ClH.2Pd/c1-5-19-35(20-6-1)45(36-21-7-2-8-22-36)41-31-29-33-17-13-15-27-39(33)43(41)44-40-28-16-14-18-34(40)30-32-42(44)46(37-23-9-3-10-24-37)38-25-11-4-12-26-38;1-9(13)7-11(14)8-12(15)10-5-3-2-4-6-10;;;;/h1-32H;2-8H,1H3;2*1H;;/q;;;;2*+2/p-2. The zero-order valence-corrected chi connectivity index (χ0v) is 41.4. The van der Waals surface area contributed by atoms with E-state index >= 15 is 0 Å². The predicted octanol–water partition coefficient (Wildman–Crippen LogP) is 12.9. The molecule has 3 nitrogen and oxygen atoms in total. The van der Waals surface area contributed by atoms with E-state index in [9.17, 15) is 15.3 Å². The third kappa shape index (κ3) is 13.2. The average molecular weight is 1110 g/mol. The van der Waals surface area contributed by atoms with Crippen LogP contribution in [0.25, 0.3) is 32.7 Å². The number of rotatable bonds is 12. The summed E-state index contributed by atoms with van der Waals surface area (Å²) in [4.78, 5) is 0. The van der Waals surface area contributed by atoms with Crippen molar-refractivity contribution in [1.82, 2.24) is 0 Å². The molecule has 9 aromatic carbocycles. The molecule has 9 heteroatoms. The number of benzene rings is 9. The van der Waals surface area contributed by atoms with Crippen LogP contribution in [0.2, 0.25) is 0 Å². The largest absolute Gasteiger partial charge is 0.0622 e. The molecule has 0 aromatic heterocycles. The number of hydrogen-bond donors (Lipinski definition) is 0. The monoisotopic (exact) mass is 1110 g/mol. The first-order valence-electron chi connectivity index (χ1n) is 20.4. The van der Waals surface area contributed by atoms with E-state index in [0.29, 0.717) is 5.56 Å². The first-order valence-corrected chi connectivity index (χ1v) is 27.1. The maximum Gasteiger partial charge on any atom is -0.000884 e. The SMILES string of the molecule is C[C]([O])[CH][C]([O])[CH][C]([O])c1ccccc1.[Cl][Pd+].[Cl][Pd+].c1ccc(P(c2ccccc2)c2ccc3ccccc3c2-c2c(P(c3ccccc3)c3ccccc3)ccc3ccccc23)cc1. The summed E-state index contributed by atoms with van der Waals surface area (Å²) in [5, 5.41) is 46.4. The topological polar surface area (TPSA) is 59.7 Å².